The molecule has 2 aliphatic rings. The average Bonchev–Trinajstić information content (AvgIpc) is 3.44. The van der Waals surface area contributed by atoms with Crippen molar-refractivity contribution >= 4 is 28.8 Å². The van der Waals surface area contributed by atoms with Crippen LogP contribution in [0.2, 0.25) is 0 Å². The zero-order valence-electron chi connectivity index (χ0n) is 18.4. The van der Waals surface area contributed by atoms with Gasteiger partial charge in [-0.3, -0.25) is 9.78 Å². The maximum atomic E-state index is 13.2. The van der Waals surface area contributed by atoms with Crippen molar-refractivity contribution in [1.82, 2.24) is 15.2 Å². The van der Waals surface area contributed by atoms with Gasteiger partial charge in [0.2, 0.25) is 5.78 Å². The fourth-order valence-corrected chi connectivity index (χ4v) is 5.18. The first kappa shape index (κ1) is 21.6. The lowest BCUT2D eigenvalue weighted by molar-refractivity contribution is 0.0529. The number of nitrogens with zero attached hydrogens (tertiary/aromatic N) is 2. The molecule has 4 heterocycles. The van der Waals surface area contributed by atoms with Crippen LogP contribution in [0.25, 0.3) is 0 Å². The van der Waals surface area contributed by atoms with Crippen molar-refractivity contribution in [1.29, 1.82) is 0 Å². The summed E-state index contributed by atoms with van der Waals surface area (Å²) in [5, 5.41) is 6.20. The van der Waals surface area contributed by atoms with E-state index in [-0.39, 0.29) is 11.8 Å². The molecule has 2 amide bonds. The van der Waals surface area contributed by atoms with Gasteiger partial charge in [0.1, 0.15) is 5.75 Å². The van der Waals surface area contributed by atoms with Crippen molar-refractivity contribution in [3.63, 3.8) is 0 Å². The first-order valence-corrected chi connectivity index (χ1v) is 11.9. The molecule has 1 aromatic carbocycles. The number of hydrogen-bond acceptors (Lipinski definition) is 6. The van der Waals surface area contributed by atoms with Crippen molar-refractivity contribution < 1.29 is 14.3 Å². The Morgan fingerprint density at radius 3 is 2.64 bits per heavy atom. The number of ether oxygens (including phenoxy) is 1. The summed E-state index contributed by atoms with van der Waals surface area (Å²) in [5.41, 5.74) is 0.947. The molecule has 0 spiro atoms. The predicted octanol–water partition coefficient (Wildman–Crippen LogP) is 4.08. The number of anilines is 1. The molecule has 0 radical (unpaired) electrons. The normalized spacial score (nSPS) is 20.3. The Kier molecular flexibility index (Phi) is 5.86. The highest BCUT2D eigenvalue weighted by molar-refractivity contribution is 7.14. The highest BCUT2D eigenvalue weighted by Gasteiger charge is 2.44. The van der Waals surface area contributed by atoms with Crippen LogP contribution in [0.3, 0.4) is 0 Å². The standard InChI is InChI=1S/C25H26N4O3S/c1-17-4-9-22(33-17)23(30)25(10-12-27-16-25)32-21-7-5-20(6-8-21)28-24(31)29-14-19(15-29)18-3-2-11-26-13-18/h2-9,11,13,19,27H,10,12,14-16H2,1H3,(H,28,31)/t25-/m1/s1. The number of rotatable bonds is 6. The minimum absolute atomic E-state index is 0.0175. The summed E-state index contributed by atoms with van der Waals surface area (Å²) in [7, 11) is 0. The van der Waals surface area contributed by atoms with Gasteiger partial charge in [-0.05, 0) is 61.5 Å². The third-order valence-corrected chi connectivity index (χ3v) is 7.24. The molecule has 0 aliphatic carbocycles. The van der Waals surface area contributed by atoms with Gasteiger partial charge in [-0.2, -0.15) is 0 Å². The molecular formula is C25H26N4O3S. The van der Waals surface area contributed by atoms with Crippen LogP contribution < -0.4 is 15.4 Å². The van der Waals surface area contributed by atoms with E-state index in [1.54, 1.807) is 23.2 Å². The number of hydrogen-bond donors (Lipinski definition) is 2. The molecule has 2 aromatic heterocycles. The molecule has 5 rings (SSSR count). The van der Waals surface area contributed by atoms with E-state index in [1.165, 1.54) is 11.3 Å². The maximum Gasteiger partial charge on any atom is 0.321 e. The molecule has 33 heavy (non-hydrogen) atoms. The molecule has 8 heteroatoms. The topological polar surface area (TPSA) is 83.6 Å². The Balaban J connectivity index is 1.20. The number of aryl methyl sites for hydroxylation is 1. The van der Waals surface area contributed by atoms with Gasteiger partial charge in [-0.15, -0.1) is 11.3 Å². The van der Waals surface area contributed by atoms with Gasteiger partial charge in [0.05, 0.1) is 4.88 Å². The summed E-state index contributed by atoms with van der Waals surface area (Å²) in [4.78, 5) is 33.5. The van der Waals surface area contributed by atoms with Crippen molar-refractivity contribution in [2.75, 3.05) is 31.5 Å². The number of nitrogens with one attached hydrogen (secondary N) is 2. The Morgan fingerprint density at radius 1 is 1.18 bits per heavy atom. The summed E-state index contributed by atoms with van der Waals surface area (Å²) in [6.07, 6.45) is 4.23. The fourth-order valence-electron chi connectivity index (χ4n) is 4.28. The van der Waals surface area contributed by atoms with Gasteiger partial charge in [0, 0.05) is 54.9 Å². The highest BCUT2D eigenvalue weighted by Crippen LogP contribution is 2.31. The van der Waals surface area contributed by atoms with Crippen LogP contribution in [0.4, 0.5) is 10.5 Å². The number of likely N-dealkylation sites (tertiary alicyclic amines) is 1. The van der Waals surface area contributed by atoms with E-state index in [4.69, 9.17) is 4.74 Å². The molecular weight excluding hydrogens is 436 g/mol. The lowest BCUT2D eigenvalue weighted by Gasteiger charge is -2.39. The summed E-state index contributed by atoms with van der Waals surface area (Å²) in [5.74, 6) is 0.962. The summed E-state index contributed by atoms with van der Waals surface area (Å²) >= 11 is 1.50. The number of carbonyl (C=O) groups is 2. The monoisotopic (exact) mass is 462 g/mol. The Labute approximate surface area is 196 Å². The fraction of sp³-hybridized carbons (Fsp3) is 0.320. The van der Waals surface area contributed by atoms with Gasteiger partial charge < -0.3 is 20.3 Å². The smallest absolute Gasteiger partial charge is 0.321 e. The number of carbonyl (C=O) groups excluding carboxylic acids is 2. The summed E-state index contributed by atoms with van der Waals surface area (Å²) in [6.45, 7) is 4.57. The lowest BCUT2D eigenvalue weighted by atomic mass is 9.93. The summed E-state index contributed by atoms with van der Waals surface area (Å²) < 4.78 is 6.26. The van der Waals surface area contributed by atoms with Gasteiger partial charge in [-0.1, -0.05) is 6.07 Å². The van der Waals surface area contributed by atoms with Crippen molar-refractivity contribution in [3.8, 4) is 5.75 Å². The van der Waals surface area contributed by atoms with Crippen LogP contribution in [-0.4, -0.2) is 53.5 Å². The molecule has 7 nitrogen and oxygen atoms in total. The molecule has 2 saturated heterocycles. The van der Waals surface area contributed by atoms with Crippen LogP contribution in [0.1, 0.15) is 32.5 Å². The lowest BCUT2D eigenvalue weighted by Crippen LogP contribution is -2.50. The average molecular weight is 463 g/mol. The summed E-state index contributed by atoms with van der Waals surface area (Å²) in [6, 6.07) is 14.9. The van der Waals surface area contributed by atoms with Gasteiger partial charge in [0.25, 0.3) is 0 Å². The van der Waals surface area contributed by atoms with E-state index < -0.39 is 5.60 Å². The molecule has 2 fully saturated rings. The highest BCUT2D eigenvalue weighted by atomic mass is 32.1. The number of thiophene rings is 1. The minimum atomic E-state index is -0.902. The first-order chi connectivity index (χ1) is 16.0. The van der Waals surface area contributed by atoms with Gasteiger partial charge >= 0.3 is 6.03 Å². The Bertz CT molecular complexity index is 1130. The Hall–Kier alpha value is -3.23. The van der Waals surface area contributed by atoms with Gasteiger partial charge in [-0.25, -0.2) is 4.79 Å². The third kappa shape index (κ3) is 4.49. The van der Waals surface area contributed by atoms with E-state index in [1.807, 2.05) is 49.5 Å². The van der Waals surface area contributed by atoms with E-state index >= 15 is 0 Å². The SMILES string of the molecule is Cc1ccc(C(=O)[C@@]2(Oc3ccc(NC(=O)N4CC(c5cccnc5)C4)cc3)CCNC2)s1. The van der Waals surface area contributed by atoms with E-state index in [0.717, 1.165) is 21.9 Å². The molecule has 0 saturated carbocycles. The zero-order chi connectivity index (χ0) is 22.8. The Morgan fingerprint density at radius 2 is 2.00 bits per heavy atom. The van der Waals surface area contributed by atoms with Crippen molar-refractivity contribution in [2.24, 2.45) is 0 Å². The van der Waals surface area contributed by atoms with E-state index in [9.17, 15) is 9.59 Å². The maximum absolute atomic E-state index is 13.2. The van der Waals surface area contributed by atoms with Gasteiger partial charge in [0.15, 0.2) is 5.60 Å². The molecule has 0 unspecified atom stereocenters. The largest absolute Gasteiger partial charge is 0.478 e. The van der Waals surface area contributed by atoms with Crippen LogP contribution in [-0.2, 0) is 0 Å². The van der Waals surface area contributed by atoms with Crippen molar-refractivity contribution in [2.45, 2.75) is 24.9 Å². The quantitative estimate of drug-likeness (QED) is 0.540. The second-order valence-corrected chi connectivity index (χ2v) is 9.89. The predicted molar refractivity (Wildman–Crippen MR) is 128 cm³/mol. The minimum Gasteiger partial charge on any atom is -0.478 e. The molecule has 2 N–H and O–H groups in total. The van der Waals surface area contributed by atoms with E-state index in [0.29, 0.717) is 43.4 Å². The molecule has 1 atom stereocenters. The number of ketones is 1. The molecule has 2 aliphatic heterocycles. The van der Waals surface area contributed by atoms with Crippen LogP contribution >= 0.6 is 11.3 Å². The third-order valence-electron chi connectivity index (χ3n) is 6.24. The zero-order valence-corrected chi connectivity index (χ0v) is 19.2. The van der Waals surface area contributed by atoms with Crippen LogP contribution in [0.5, 0.6) is 5.75 Å². The number of aromatic nitrogens is 1. The number of pyridine rings is 1. The molecule has 170 valence electrons. The van der Waals surface area contributed by atoms with Crippen LogP contribution in [0.15, 0.2) is 60.9 Å². The number of urea groups is 1. The molecule has 0 bridgehead atoms. The number of amides is 2. The second kappa shape index (κ2) is 8.96. The second-order valence-electron chi connectivity index (χ2n) is 8.61. The van der Waals surface area contributed by atoms with Crippen LogP contribution in [0, 0.1) is 6.92 Å². The number of Topliss-reactive ketones (excluding diaryl/α,β-unsaturated/α-hetero) is 1. The van der Waals surface area contributed by atoms with Crippen molar-refractivity contribution in [3.05, 3.63) is 76.2 Å². The number of benzene rings is 1. The molecule has 3 aromatic rings. The first-order valence-electron chi connectivity index (χ1n) is 11.1. The van der Waals surface area contributed by atoms with E-state index in [2.05, 4.69) is 15.6 Å².